The van der Waals surface area contributed by atoms with E-state index < -0.39 is 11.9 Å². The molecule has 0 saturated heterocycles. The third-order valence-corrected chi connectivity index (χ3v) is 6.59. The predicted molar refractivity (Wildman–Crippen MR) is 130 cm³/mol. The van der Waals surface area contributed by atoms with Crippen molar-refractivity contribution < 1.29 is 9.53 Å². The summed E-state index contributed by atoms with van der Waals surface area (Å²) in [5.74, 6) is -1.25. The van der Waals surface area contributed by atoms with Crippen LogP contribution in [0.4, 0.5) is 0 Å². The molecule has 166 valence electrons. The van der Waals surface area contributed by atoms with Gasteiger partial charge in [0.1, 0.15) is 10.5 Å². The van der Waals surface area contributed by atoms with Crippen molar-refractivity contribution in [3.63, 3.8) is 0 Å². The van der Waals surface area contributed by atoms with E-state index in [9.17, 15) is 14.9 Å². The van der Waals surface area contributed by atoms with Crippen LogP contribution >= 0.6 is 11.3 Å². The number of carbonyl (C=O) groups is 1. The van der Waals surface area contributed by atoms with Crippen molar-refractivity contribution in [2.75, 3.05) is 6.61 Å². The Morgan fingerprint density at radius 3 is 2.55 bits per heavy atom. The molecular weight excluding hydrogens is 434 g/mol. The lowest BCUT2D eigenvalue weighted by molar-refractivity contribution is -0.136. The molecule has 0 saturated carbocycles. The van der Waals surface area contributed by atoms with Crippen LogP contribution in [-0.2, 0) is 9.53 Å². The molecule has 0 radical (unpaired) electrons. The number of nitriles is 1. The van der Waals surface area contributed by atoms with Crippen molar-refractivity contribution in [2.45, 2.75) is 26.7 Å². The van der Waals surface area contributed by atoms with E-state index in [1.165, 1.54) is 15.9 Å². The monoisotopic (exact) mass is 457 g/mol. The summed E-state index contributed by atoms with van der Waals surface area (Å²) >= 11 is 1.18. The SMILES string of the molecule is CCOC(=O)C1=c2s/c(=C\c3cccc(C)c3)c(=O)n2C(N)=C(C#N)[C@H]1c1cccc(C)c1. The van der Waals surface area contributed by atoms with Crippen LogP contribution in [-0.4, -0.2) is 17.1 Å². The first kappa shape index (κ1) is 22.3. The predicted octanol–water partition coefficient (Wildman–Crippen LogP) is 2.52. The number of carbonyl (C=O) groups excluding carboxylic acids is 1. The largest absolute Gasteiger partial charge is 0.463 e. The van der Waals surface area contributed by atoms with E-state index in [2.05, 4.69) is 6.07 Å². The zero-order valence-electron chi connectivity index (χ0n) is 18.6. The Balaban J connectivity index is 2.10. The van der Waals surface area contributed by atoms with Gasteiger partial charge in [0.15, 0.2) is 0 Å². The molecule has 0 bridgehead atoms. The topological polar surface area (TPSA) is 98.1 Å². The van der Waals surface area contributed by atoms with Crippen LogP contribution in [0.5, 0.6) is 0 Å². The molecule has 0 amide bonds. The number of ether oxygens (including phenoxy) is 1. The van der Waals surface area contributed by atoms with Gasteiger partial charge in [0, 0.05) is 0 Å². The number of allylic oxidation sites excluding steroid dienone is 1. The number of fused-ring (bicyclic) bond motifs is 1. The molecule has 0 spiro atoms. The Kier molecular flexibility index (Phi) is 6.03. The number of rotatable bonds is 4. The number of nitrogens with two attached hydrogens (primary N) is 1. The maximum absolute atomic E-state index is 13.4. The summed E-state index contributed by atoms with van der Waals surface area (Å²) < 4.78 is 7.44. The molecule has 7 heteroatoms. The number of hydrogen-bond acceptors (Lipinski definition) is 6. The second-order valence-corrected chi connectivity index (χ2v) is 8.89. The third kappa shape index (κ3) is 4.01. The summed E-state index contributed by atoms with van der Waals surface area (Å²) in [6.45, 7) is 5.80. The Bertz CT molecular complexity index is 1520. The van der Waals surface area contributed by atoms with Crippen molar-refractivity contribution in [3.05, 3.63) is 95.9 Å². The maximum Gasteiger partial charge on any atom is 0.338 e. The molecule has 1 aliphatic heterocycles. The quantitative estimate of drug-likeness (QED) is 0.607. The molecule has 2 N–H and O–H groups in total. The first-order valence-corrected chi connectivity index (χ1v) is 11.4. The Labute approximate surface area is 195 Å². The van der Waals surface area contributed by atoms with Gasteiger partial charge in [-0.3, -0.25) is 9.36 Å². The summed E-state index contributed by atoms with van der Waals surface area (Å²) in [5, 5.41) is 10.0. The molecule has 6 nitrogen and oxygen atoms in total. The maximum atomic E-state index is 13.4. The highest BCUT2D eigenvalue weighted by atomic mass is 32.1. The summed E-state index contributed by atoms with van der Waals surface area (Å²) in [7, 11) is 0. The van der Waals surface area contributed by atoms with Gasteiger partial charge in [-0.05, 0) is 38.0 Å². The smallest absolute Gasteiger partial charge is 0.338 e. The minimum Gasteiger partial charge on any atom is -0.463 e. The lowest BCUT2D eigenvalue weighted by atomic mass is 9.83. The highest BCUT2D eigenvalue weighted by Crippen LogP contribution is 2.36. The minimum atomic E-state index is -0.723. The Hall–Kier alpha value is -3.89. The van der Waals surface area contributed by atoms with Crippen LogP contribution in [0.2, 0.25) is 0 Å². The number of thiazole rings is 1. The number of hydrogen-bond donors (Lipinski definition) is 1. The van der Waals surface area contributed by atoms with Gasteiger partial charge in [-0.25, -0.2) is 4.79 Å². The van der Waals surface area contributed by atoms with Crippen molar-refractivity contribution in [3.8, 4) is 6.07 Å². The molecule has 2 aromatic carbocycles. The summed E-state index contributed by atoms with van der Waals surface area (Å²) in [6.07, 6.45) is 1.77. The van der Waals surface area contributed by atoms with Crippen molar-refractivity contribution in [1.29, 1.82) is 5.26 Å². The van der Waals surface area contributed by atoms with E-state index >= 15 is 0 Å². The van der Waals surface area contributed by atoms with Gasteiger partial charge in [-0.1, -0.05) is 59.7 Å². The molecule has 1 aliphatic rings. The zero-order chi connectivity index (χ0) is 23.7. The highest BCUT2D eigenvalue weighted by molar-refractivity contribution is 7.07. The van der Waals surface area contributed by atoms with Gasteiger partial charge < -0.3 is 10.5 Å². The van der Waals surface area contributed by atoms with E-state index in [1.54, 1.807) is 13.0 Å². The summed E-state index contributed by atoms with van der Waals surface area (Å²) in [4.78, 5) is 26.5. The summed E-state index contributed by atoms with van der Waals surface area (Å²) in [6, 6.07) is 17.5. The van der Waals surface area contributed by atoms with Gasteiger partial charge in [0.05, 0.1) is 34.3 Å². The summed E-state index contributed by atoms with van der Waals surface area (Å²) in [5.41, 5.74) is 10.1. The van der Waals surface area contributed by atoms with Crippen molar-refractivity contribution in [2.24, 2.45) is 5.73 Å². The number of aromatic nitrogens is 1. The Morgan fingerprint density at radius 1 is 1.21 bits per heavy atom. The lowest BCUT2D eigenvalue weighted by Crippen LogP contribution is -2.40. The van der Waals surface area contributed by atoms with Crippen LogP contribution in [0.25, 0.3) is 17.5 Å². The molecule has 2 heterocycles. The van der Waals surface area contributed by atoms with Gasteiger partial charge >= 0.3 is 5.97 Å². The molecule has 0 unspecified atom stereocenters. The number of aryl methyl sites for hydroxylation is 2. The van der Waals surface area contributed by atoms with E-state index in [-0.39, 0.29) is 29.1 Å². The average Bonchev–Trinajstić information content (AvgIpc) is 3.09. The van der Waals surface area contributed by atoms with Gasteiger partial charge in [0.25, 0.3) is 5.56 Å². The number of esters is 1. The van der Waals surface area contributed by atoms with Crippen LogP contribution in [0.15, 0.2) is 58.9 Å². The van der Waals surface area contributed by atoms with E-state index in [4.69, 9.17) is 10.5 Å². The van der Waals surface area contributed by atoms with E-state index in [0.717, 1.165) is 22.3 Å². The molecule has 1 atom stereocenters. The second kappa shape index (κ2) is 8.93. The van der Waals surface area contributed by atoms with Crippen molar-refractivity contribution in [1.82, 2.24) is 4.57 Å². The van der Waals surface area contributed by atoms with E-state index in [1.807, 2.05) is 62.4 Å². The van der Waals surface area contributed by atoms with Crippen LogP contribution in [0.1, 0.15) is 35.1 Å². The number of nitrogens with zero attached hydrogens (tertiary/aromatic N) is 2. The molecule has 0 fully saturated rings. The first-order valence-electron chi connectivity index (χ1n) is 10.5. The normalized spacial score (nSPS) is 15.9. The number of benzene rings is 2. The van der Waals surface area contributed by atoms with Gasteiger partial charge in [0.2, 0.25) is 0 Å². The van der Waals surface area contributed by atoms with Crippen molar-refractivity contribution >= 4 is 34.8 Å². The second-order valence-electron chi connectivity index (χ2n) is 7.86. The van der Waals surface area contributed by atoms with Crippen LogP contribution in [0.3, 0.4) is 0 Å². The molecule has 0 aliphatic carbocycles. The standard InChI is InChI=1S/C26H23N3O3S/c1-4-32-26(31)22-21(18-10-6-8-16(3)12-18)19(14-27)23(28)29-24(30)20(33-25(22)29)13-17-9-5-7-15(2)11-17/h5-13,21H,4,28H2,1-3H3/b20-13-/t21-/m1/s1. The third-order valence-electron chi connectivity index (χ3n) is 5.48. The Morgan fingerprint density at radius 2 is 1.91 bits per heavy atom. The highest BCUT2D eigenvalue weighted by Gasteiger charge is 2.36. The zero-order valence-corrected chi connectivity index (χ0v) is 19.4. The fourth-order valence-electron chi connectivity index (χ4n) is 4.05. The lowest BCUT2D eigenvalue weighted by Gasteiger charge is -2.25. The van der Waals surface area contributed by atoms with Gasteiger partial charge in [-0.15, -0.1) is 11.3 Å². The first-order chi connectivity index (χ1) is 15.8. The fourth-order valence-corrected chi connectivity index (χ4v) is 5.21. The van der Waals surface area contributed by atoms with Gasteiger partial charge in [-0.2, -0.15) is 5.26 Å². The minimum absolute atomic E-state index is 0.0391. The molecule has 1 aromatic heterocycles. The van der Waals surface area contributed by atoms with E-state index in [0.29, 0.717) is 9.20 Å². The molecule has 33 heavy (non-hydrogen) atoms. The molecule has 3 aromatic rings. The molecular formula is C26H23N3O3S. The average molecular weight is 458 g/mol. The van der Waals surface area contributed by atoms with Crippen LogP contribution < -0.4 is 20.5 Å². The fraction of sp³-hybridized carbons (Fsp3) is 0.192. The molecule has 4 rings (SSSR count). The van der Waals surface area contributed by atoms with Crippen LogP contribution in [0, 0.1) is 25.2 Å².